The van der Waals surface area contributed by atoms with Crippen molar-refractivity contribution in [3.05, 3.63) is 51.5 Å². The predicted molar refractivity (Wildman–Crippen MR) is 114 cm³/mol. The molecule has 5 rings (SSSR count). The molecule has 3 aromatic rings. The van der Waals surface area contributed by atoms with Gasteiger partial charge in [-0.3, -0.25) is 4.79 Å². The summed E-state index contributed by atoms with van der Waals surface area (Å²) in [5.74, 6) is 0.946. The van der Waals surface area contributed by atoms with Crippen molar-refractivity contribution in [2.75, 3.05) is 26.7 Å². The van der Waals surface area contributed by atoms with E-state index in [1.807, 2.05) is 32.3 Å². The summed E-state index contributed by atoms with van der Waals surface area (Å²) in [7, 11) is 3.86. The smallest absolute Gasteiger partial charge is 0.264 e. The van der Waals surface area contributed by atoms with Gasteiger partial charge in [0.15, 0.2) is 0 Å². The number of hydrogen-bond acceptors (Lipinski definition) is 5. The number of benzene rings is 1. The third kappa shape index (κ3) is 3.17. The van der Waals surface area contributed by atoms with Crippen LogP contribution in [0.3, 0.4) is 0 Å². The first kappa shape index (κ1) is 18.8. The molecule has 2 aliphatic rings. The van der Waals surface area contributed by atoms with Crippen LogP contribution in [0, 0.1) is 0 Å². The van der Waals surface area contributed by atoms with E-state index in [1.54, 1.807) is 16.2 Å². The fraction of sp³-hybridized carbons (Fsp3) is 0.455. The molecule has 7 heteroatoms. The van der Waals surface area contributed by atoms with E-state index in [-0.39, 0.29) is 11.5 Å². The van der Waals surface area contributed by atoms with Gasteiger partial charge in [-0.15, -0.1) is 11.3 Å². The number of aromatic nitrogens is 2. The second kappa shape index (κ2) is 7.23. The summed E-state index contributed by atoms with van der Waals surface area (Å²) in [6.45, 7) is 3.16. The monoisotopic (exact) mass is 410 g/mol. The van der Waals surface area contributed by atoms with Gasteiger partial charge in [-0.25, -0.2) is 4.98 Å². The van der Waals surface area contributed by atoms with Gasteiger partial charge in [0.05, 0.1) is 29.1 Å². The topological polar surface area (TPSA) is 59.4 Å². The van der Waals surface area contributed by atoms with Crippen LogP contribution in [-0.2, 0) is 30.4 Å². The summed E-state index contributed by atoms with van der Waals surface area (Å²) >= 11 is 1.63. The molecule has 0 atom stereocenters. The van der Waals surface area contributed by atoms with E-state index in [9.17, 15) is 4.79 Å². The minimum absolute atomic E-state index is 0.0561. The molecular weight excluding hydrogens is 384 g/mol. The number of aryl methyl sites for hydroxylation is 1. The van der Waals surface area contributed by atoms with Crippen LogP contribution < -0.4 is 5.32 Å². The average molecular weight is 411 g/mol. The third-order valence-corrected chi connectivity index (χ3v) is 7.55. The molecule has 4 heterocycles. The Balaban J connectivity index is 1.40. The number of amides is 1. The van der Waals surface area contributed by atoms with Crippen molar-refractivity contribution in [3.63, 3.8) is 0 Å². The minimum atomic E-state index is -0.196. The Bertz CT molecular complexity index is 1060. The summed E-state index contributed by atoms with van der Waals surface area (Å²) in [6.07, 6.45) is 2.84. The number of thiophene rings is 1. The van der Waals surface area contributed by atoms with Gasteiger partial charge in [0.2, 0.25) is 0 Å². The van der Waals surface area contributed by atoms with Crippen molar-refractivity contribution < 1.29 is 9.53 Å². The van der Waals surface area contributed by atoms with Gasteiger partial charge in [0.25, 0.3) is 5.91 Å². The van der Waals surface area contributed by atoms with Crippen LogP contribution in [-0.4, -0.2) is 47.1 Å². The minimum Gasteiger partial charge on any atom is -0.369 e. The number of carbonyl (C=O) groups excluding carboxylic acids is 1. The van der Waals surface area contributed by atoms with Gasteiger partial charge in [-0.05, 0) is 56.1 Å². The van der Waals surface area contributed by atoms with E-state index in [2.05, 4.69) is 22.0 Å². The van der Waals surface area contributed by atoms with Crippen molar-refractivity contribution in [1.29, 1.82) is 0 Å². The van der Waals surface area contributed by atoms with Crippen molar-refractivity contribution in [1.82, 2.24) is 19.8 Å². The zero-order valence-electron chi connectivity index (χ0n) is 16.9. The van der Waals surface area contributed by atoms with Gasteiger partial charge in [0.1, 0.15) is 11.4 Å². The molecule has 2 aliphatic heterocycles. The number of hydrogen-bond donors (Lipinski definition) is 1. The van der Waals surface area contributed by atoms with Crippen molar-refractivity contribution >= 4 is 28.3 Å². The van der Waals surface area contributed by atoms with E-state index in [1.165, 1.54) is 10.4 Å². The lowest BCUT2D eigenvalue weighted by atomic mass is 9.86. The van der Waals surface area contributed by atoms with Crippen LogP contribution >= 0.6 is 11.3 Å². The molecule has 0 bridgehead atoms. The number of nitrogens with one attached hydrogen (secondary N) is 1. The predicted octanol–water partition coefficient (Wildman–Crippen LogP) is 3.06. The average Bonchev–Trinajstić information content (AvgIpc) is 3.31. The maximum absolute atomic E-state index is 13.2. The maximum Gasteiger partial charge on any atom is 0.264 e. The number of imidazole rings is 1. The van der Waals surface area contributed by atoms with E-state index in [4.69, 9.17) is 9.72 Å². The van der Waals surface area contributed by atoms with Gasteiger partial charge in [0, 0.05) is 19.0 Å². The Morgan fingerprint density at radius 3 is 2.93 bits per heavy atom. The molecule has 1 fully saturated rings. The van der Waals surface area contributed by atoms with Crippen LogP contribution in [0.25, 0.3) is 11.0 Å². The molecule has 29 heavy (non-hydrogen) atoms. The zero-order chi connectivity index (χ0) is 20.0. The Morgan fingerprint density at radius 1 is 1.34 bits per heavy atom. The standard InChI is InChI=1S/C22H26N4O2S/c1-25(14-19-24-16-5-3-4-6-17(16)26(19)2)21(27)18-13-15-7-12-28-22(20(15)29-18)8-10-23-11-9-22/h3-6,13,23H,7-12,14H2,1-2H3. The highest BCUT2D eigenvalue weighted by Crippen LogP contribution is 2.44. The summed E-state index contributed by atoms with van der Waals surface area (Å²) in [5.41, 5.74) is 3.14. The quantitative estimate of drug-likeness (QED) is 0.721. The molecule has 0 saturated carbocycles. The van der Waals surface area contributed by atoms with Gasteiger partial charge in [-0.2, -0.15) is 0 Å². The Morgan fingerprint density at radius 2 is 2.14 bits per heavy atom. The molecule has 1 saturated heterocycles. The van der Waals surface area contributed by atoms with Crippen LogP contribution in [0.1, 0.15) is 38.8 Å². The lowest BCUT2D eigenvalue weighted by Crippen LogP contribution is -2.43. The highest BCUT2D eigenvalue weighted by atomic mass is 32.1. The molecule has 6 nitrogen and oxygen atoms in total. The molecule has 1 spiro atoms. The van der Waals surface area contributed by atoms with E-state index in [0.717, 1.165) is 60.7 Å². The van der Waals surface area contributed by atoms with Crippen molar-refractivity contribution in [3.8, 4) is 0 Å². The summed E-state index contributed by atoms with van der Waals surface area (Å²) in [4.78, 5) is 21.8. The molecular formula is C22H26N4O2S. The highest BCUT2D eigenvalue weighted by molar-refractivity contribution is 7.14. The zero-order valence-corrected chi connectivity index (χ0v) is 17.7. The highest BCUT2D eigenvalue weighted by Gasteiger charge is 2.41. The fourth-order valence-corrected chi connectivity index (χ4v) is 5.94. The molecule has 0 aliphatic carbocycles. The van der Waals surface area contributed by atoms with Gasteiger partial charge < -0.3 is 19.5 Å². The maximum atomic E-state index is 13.2. The number of ether oxygens (including phenoxy) is 1. The Kier molecular flexibility index (Phi) is 4.69. The lowest BCUT2D eigenvalue weighted by Gasteiger charge is -2.40. The summed E-state index contributed by atoms with van der Waals surface area (Å²) in [5, 5.41) is 3.42. The first-order chi connectivity index (χ1) is 14.1. The fourth-order valence-electron chi connectivity index (χ4n) is 4.54. The summed E-state index contributed by atoms with van der Waals surface area (Å²) in [6, 6.07) is 10.2. The van der Waals surface area contributed by atoms with Crippen LogP contribution in [0.2, 0.25) is 0 Å². The molecule has 1 aromatic carbocycles. The Hall–Kier alpha value is -2.22. The SMILES string of the molecule is CN(Cc1nc2ccccc2n1C)C(=O)c1cc2c(s1)C1(CCNCC1)OCC2. The number of piperidine rings is 1. The number of nitrogens with zero attached hydrogens (tertiary/aromatic N) is 3. The molecule has 1 amide bonds. The normalized spacial score (nSPS) is 18.1. The second-order valence-corrected chi connectivity index (χ2v) is 9.10. The first-order valence-electron chi connectivity index (χ1n) is 10.2. The summed E-state index contributed by atoms with van der Waals surface area (Å²) < 4.78 is 8.33. The van der Waals surface area contributed by atoms with Crippen molar-refractivity contribution in [2.45, 2.75) is 31.4 Å². The molecule has 152 valence electrons. The molecule has 1 N–H and O–H groups in total. The van der Waals surface area contributed by atoms with Crippen LogP contribution in [0.15, 0.2) is 30.3 Å². The molecule has 2 aromatic heterocycles. The lowest BCUT2D eigenvalue weighted by molar-refractivity contribution is -0.0771. The van der Waals surface area contributed by atoms with Gasteiger partial charge in [-0.1, -0.05) is 12.1 Å². The number of rotatable bonds is 3. The van der Waals surface area contributed by atoms with Crippen molar-refractivity contribution in [2.24, 2.45) is 7.05 Å². The molecule has 0 radical (unpaired) electrons. The van der Waals surface area contributed by atoms with E-state index in [0.29, 0.717) is 6.54 Å². The van der Waals surface area contributed by atoms with Gasteiger partial charge >= 0.3 is 0 Å². The number of carbonyl (C=O) groups is 1. The van der Waals surface area contributed by atoms with Crippen LogP contribution in [0.4, 0.5) is 0 Å². The third-order valence-electron chi connectivity index (χ3n) is 6.20. The van der Waals surface area contributed by atoms with Crippen LogP contribution in [0.5, 0.6) is 0 Å². The Labute approximate surface area is 174 Å². The van der Waals surface area contributed by atoms with E-state index >= 15 is 0 Å². The number of fused-ring (bicyclic) bond motifs is 3. The largest absolute Gasteiger partial charge is 0.369 e. The second-order valence-electron chi connectivity index (χ2n) is 8.04. The molecule has 0 unspecified atom stereocenters. The number of para-hydroxylation sites is 2. The first-order valence-corrected chi connectivity index (χ1v) is 11.0. The van der Waals surface area contributed by atoms with E-state index < -0.39 is 0 Å².